The molecule has 0 aromatic heterocycles. The third-order valence-electron chi connectivity index (χ3n) is 5.70. The lowest BCUT2D eigenvalue weighted by atomic mass is 9.77. The lowest BCUT2D eigenvalue weighted by Gasteiger charge is -2.28. The van der Waals surface area contributed by atoms with Gasteiger partial charge >= 0.3 is 6.18 Å². The average Bonchev–Trinajstić information content (AvgIpc) is 2.70. The zero-order valence-corrected chi connectivity index (χ0v) is 16.8. The Labute approximate surface area is 173 Å². The number of halogens is 5. The Kier molecular flexibility index (Phi) is 7.16. The van der Waals surface area contributed by atoms with Crippen molar-refractivity contribution in [2.24, 2.45) is 5.92 Å². The topological polar surface area (TPSA) is 9.23 Å². The molecule has 0 heterocycles. The molecule has 1 aliphatic carbocycles. The van der Waals surface area contributed by atoms with Gasteiger partial charge in [-0.2, -0.15) is 13.2 Å². The highest BCUT2D eigenvalue weighted by atomic mass is 19.4. The van der Waals surface area contributed by atoms with E-state index in [2.05, 4.69) is 11.7 Å². The van der Waals surface area contributed by atoms with Crippen LogP contribution in [0.4, 0.5) is 22.0 Å². The van der Waals surface area contributed by atoms with E-state index in [1.165, 1.54) is 31.2 Å². The SMILES string of the molecule is CCCC1CCC(c2ccc(-c3cc(F)c(O/C=C/C(F)(F)F)c(F)c3)cc2)CC1. The predicted molar refractivity (Wildman–Crippen MR) is 107 cm³/mol. The zero-order valence-electron chi connectivity index (χ0n) is 16.8. The van der Waals surface area contributed by atoms with Gasteiger partial charge in [0.2, 0.25) is 0 Å². The maximum atomic E-state index is 14.2. The minimum Gasteiger partial charge on any atom is -0.459 e. The van der Waals surface area contributed by atoms with Gasteiger partial charge in [0.1, 0.15) is 0 Å². The van der Waals surface area contributed by atoms with E-state index in [1.54, 1.807) is 0 Å². The van der Waals surface area contributed by atoms with Gasteiger partial charge in [-0.05, 0) is 66.3 Å². The summed E-state index contributed by atoms with van der Waals surface area (Å²) in [5.41, 5.74) is 2.16. The summed E-state index contributed by atoms with van der Waals surface area (Å²) in [6, 6.07) is 9.76. The van der Waals surface area contributed by atoms with E-state index in [4.69, 9.17) is 0 Å². The van der Waals surface area contributed by atoms with Crippen molar-refractivity contribution in [1.82, 2.24) is 0 Å². The largest absolute Gasteiger partial charge is 0.459 e. The van der Waals surface area contributed by atoms with Gasteiger partial charge in [-0.3, -0.25) is 0 Å². The van der Waals surface area contributed by atoms with E-state index in [-0.39, 0.29) is 12.3 Å². The molecule has 3 rings (SSSR count). The van der Waals surface area contributed by atoms with Gasteiger partial charge < -0.3 is 4.74 Å². The fraction of sp³-hybridized carbons (Fsp3) is 0.417. The first-order valence-electron chi connectivity index (χ1n) is 10.3. The van der Waals surface area contributed by atoms with Crippen LogP contribution in [0, 0.1) is 17.6 Å². The van der Waals surface area contributed by atoms with E-state index in [0.717, 1.165) is 30.9 Å². The smallest absolute Gasteiger partial charge is 0.412 e. The van der Waals surface area contributed by atoms with Crippen LogP contribution in [-0.2, 0) is 0 Å². The second-order valence-electron chi connectivity index (χ2n) is 7.86. The molecular weight excluding hydrogens is 399 g/mol. The summed E-state index contributed by atoms with van der Waals surface area (Å²) in [4.78, 5) is 0. The average molecular weight is 424 g/mol. The fourth-order valence-electron chi connectivity index (χ4n) is 4.16. The number of rotatable bonds is 6. The molecule has 0 N–H and O–H groups in total. The van der Waals surface area contributed by atoms with Gasteiger partial charge in [-0.1, -0.05) is 44.0 Å². The maximum Gasteiger partial charge on any atom is 0.412 e. The van der Waals surface area contributed by atoms with Crippen LogP contribution in [0.2, 0.25) is 0 Å². The number of hydrogen-bond donors (Lipinski definition) is 0. The first-order valence-corrected chi connectivity index (χ1v) is 10.3. The number of benzene rings is 2. The molecule has 1 nitrogen and oxygen atoms in total. The molecule has 6 heteroatoms. The van der Waals surface area contributed by atoms with Gasteiger partial charge in [0.15, 0.2) is 17.4 Å². The van der Waals surface area contributed by atoms with Crippen LogP contribution in [0.3, 0.4) is 0 Å². The Bertz CT molecular complexity index is 839. The van der Waals surface area contributed by atoms with E-state index < -0.39 is 23.6 Å². The van der Waals surface area contributed by atoms with Gasteiger partial charge in [0.25, 0.3) is 0 Å². The summed E-state index contributed by atoms with van der Waals surface area (Å²) in [6.07, 6.45) is 2.68. The van der Waals surface area contributed by atoms with Crippen LogP contribution in [0.15, 0.2) is 48.7 Å². The van der Waals surface area contributed by atoms with E-state index >= 15 is 0 Å². The van der Waals surface area contributed by atoms with Gasteiger partial charge in [0.05, 0.1) is 12.3 Å². The fourth-order valence-corrected chi connectivity index (χ4v) is 4.16. The summed E-state index contributed by atoms with van der Waals surface area (Å²) in [7, 11) is 0. The lowest BCUT2D eigenvalue weighted by molar-refractivity contribution is -0.0809. The zero-order chi connectivity index (χ0) is 21.7. The Hall–Kier alpha value is -2.37. The first kappa shape index (κ1) is 22.3. The molecule has 1 saturated carbocycles. The van der Waals surface area contributed by atoms with Crippen molar-refractivity contribution in [2.75, 3.05) is 0 Å². The van der Waals surface area contributed by atoms with Crippen molar-refractivity contribution in [3.8, 4) is 16.9 Å². The molecule has 0 radical (unpaired) electrons. The van der Waals surface area contributed by atoms with Crippen molar-refractivity contribution >= 4 is 0 Å². The Morgan fingerprint density at radius 2 is 1.53 bits per heavy atom. The van der Waals surface area contributed by atoms with Crippen LogP contribution in [0.25, 0.3) is 11.1 Å². The molecule has 1 fully saturated rings. The summed E-state index contributed by atoms with van der Waals surface area (Å²) in [5, 5.41) is 0. The Balaban J connectivity index is 1.70. The molecule has 0 atom stereocenters. The van der Waals surface area contributed by atoms with Crippen LogP contribution in [0.1, 0.15) is 56.9 Å². The molecule has 0 spiro atoms. The number of allylic oxidation sites excluding steroid dienone is 1. The highest BCUT2D eigenvalue weighted by Gasteiger charge is 2.23. The molecule has 30 heavy (non-hydrogen) atoms. The molecular formula is C24H25F5O. The van der Waals surface area contributed by atoms with E-state index in [1.807, 2.05) is 24.3 Å². The standard InChI is InChI=1S/C24H25F5O/c1-2-3-16-4-6-17(7-5-16)18-8-10-19(11-9-18)20-14-21(25)23(22(26)15-20)30-13-12-24(27,28)29/h8-17H,2-7H2,1H3/b13-12+. The molecule has 0 saturated heterocycles. The predicted octanol–water partition coefficient (Wildman–Crippen LogP) is 8.16. The molecule has 0 bridgehead atoms. The van der Waals surface area contributed by atoms with Crippen LogP contribution in [-0.4, -0.2) is 6.18 Å². The molecule has 1 aliphatic rings. The Morgan fingerprint density at radius 3 is 2.07 bits per heavy atom. The van der Waals surface area contributed by atoms with Crippen molar-refractivity contribution in [3.63, 3.8) is 0 Å². The van der Waals surface area contributed by atoms with Crippen LogP contribution in [0.5, 0.6) is 5.75 Å². The molecule has 0 unspecified atom stereocenters. The minimum atomic E-state index is -4.62. The summed E-state index contributed by atoms with van der Waals surface area (Å²) in [6.45, 7) is 2.22. The normalized spacial score (nSPS) is 19.9. The second-order valence-corrected chi connectivity index (χ2v) is 7.86. The molecule has 0 amide bonds. The molecule has 2 aromatic rings. The van der Waals surface area contributed by atoms with Gasteiger partial charge in [0, 0.05) is 0 Å². The van der Waals surface area contributed by atoms with Gasteiger partial charge in [-0.25, -0.2) is 8.78 Å². The molecule has 0 aliphatic heterocycles. The summed E-state index contributed by atoms with van der Waals surface area (Å²) >= 11 is 0. The van der Waals surface area contributed by atoms with Crippen molar-refractivity contribution < 1.29 is 26.7 Å². The van der Waals surface area contributed by atoms with Crippen molar-refractivity contribution in [2.45, 2.75) is 57.5 Å². The third kappa shape index (κ3) is 5.83. The first-order chi connectivity index (χ1) is 14.3. The van der Waals surface area contributed by atoms with E-state index in [9.17, 15) is 22.0 Å². The number of hydrogen-bond acceptors (Lipinski definition) is 1. The van der Waals surface area contributed by atoms with Crippen molar-refractivity contribution in [3.05, 3.63) is 65.9 Å². The highest BCUT2D eigenvalue weighted by Crippen LogP contribution is 2.38. The highest BCUT2D eigenvalue weighted by molar-refractivity contribution is 5.65. The second kappa shape index (κ2) is 9.63. The van der Waals surface area contributed by atoms with E-state index in [0.29, 0.717) is 17.0 Å². The quantitative estimate of drug-likeness (QED) is 0.336. The van der Waals surface area contributed by atoms with Gasteiger partial charge in [-0.15, -0.1) is 0 Å². The van der Waals surface area contributed by atoms with Crippen LogP contribution >= 0.6 is 0 Å². The lowest BCUT2D eigenvalue weighted by Crippen LogP contribution is -2.13. The number of alkyl halides is 3. The monoisotopic (exact) mass is 424 g/mol. The minimum absolute atomic E-state index is 0.227. The van der Waals surface area contributed by atoms with Crippen molar-refractivity contribution in [1.29, 1.82) is 0 Å². The molecule has 162 valence electrons. The number of ether oxygens (including phenoxy) is 1. The van der Waals surface area contributed by atoms with Crippen LogP contribution < -0.4 is 4.74 Å². The molecule has 2 aromatic carbocycles. The Morgan fingerprint density at radius 1 is 0.933 bits per heavy atom. The third-order valence-corrected chi connectivity index (χ3v) is 5.70. The maximum absolute atomic E-state index is 14.2. The summed E-state index contributed by atoms with van der Waals surface area (Å²) < 4.78 is 69.3. The summed E-state index contributed by atoms with van der Waals surface area (Å²) in [5.74, 6) is -1.65.